The van der Waals surface area contributed by atoms with Crippen LogP contribution in [0.4, 0.5) is 5.69 Å². The molecule has 0 saturated heterocycles. The Bertz CT molecular complexity index is 1350. The van der Waals surface area contributed by atoms with Crippen LogP contribution in [0.5, 0.6) is 17.2 Å². The zero-order chi connectivity index (χ0) is 21.5. The number of nitrogens with one attached hydrogen (secondary N) is 1. The van der Waals surface area contributed by atoms with Crippen molar-refractivity contribution in [3.8, 4) is 28.5 Å². The summed E-state index contributed by atoms with van der Waals surface area (Å²) in [5.41, 5.74) is 4.36. The molecule has 0 spiro atoms. The van der Waals surface area contributed by atoms with E-state index in [9.17, 15) is 4.79 Å². The average molecular weight is 433 g/mol. The molecule has 0 unspecified atom stereocenters. The number of fused-ring (bicyclic) bond motifs is 2. The minimum atomic E-state index is -0.169. The van der Waals surface area contributed by atoms with Gasteiger partial charge in [0.2, 0.25) is 0 Å². The summed E-state index contributed by atoms with van der Waals surface area (Å²) in [5, 5.41) is 4.88. The van der Waals surface area contributed by atoms with E-state index in [-0.39, 0.29) is 5.91 Å². The Hall–Kier alpha value is -3.78. The lowest BCUT2D eigenvalue weighted by Crippen LogP contribution is -2.04. The minimum Gasteiger partial charge on any atom is -0.497 e. The highest BCUT2D eigenvalue weighted by Crippen LogP contribution is 2.40. The second-order valence-corrected chi connectivity index (χ2v) is 7.76. The second-order valence-electron chi connectivity index (χ2n) is 6.89. The fraction of sp³-hybridized carbons (Fsp3) is 0.130. The van der Waals surface area contributed by atoms with Crippen LogP contribution < -0.4 is 19.5 Å². The van der Waals surface area contributed by atoms with Crippen LogP contribution in [-0.4, -0.2) is 36.6 Å². The molecule has 1 aliphatic rings. The third-order valence-electron chi connectivity index (χ3n) is 5.25. The molecule has 2 aromatic heterocycles. The van der Waals surface area contributed by atoms with Crippen LogP contribution in [0, 0.1) is 0 Å². The van der Waals surface area contributed by atoms with Crippen molar-refractivity contribution in [2.45, 2.75) is 0 Å². The van der Waals surface area contributed by atoms with Gasteiger partial charge < -0.3 is 19.5 Å². The van der Waals surface area contributed by atoms with E-state index < -0.39 is 0 Å². The van der Waals surface area contributed by atoms with Gasteiger partial charge in [-0.15, -0.1) is 11.3 Å². The Morgan fingerprint density at radius 1 is 1.00 bits per heavy atom. The molecule has 0 radical (unpaired) electrons. The number of hydrogen-bond donors (Lipinski definition) is 1. The normalized spacial score (nSPS) is 14.0. The number of aromatic nitrogens is 2. The molecular formula is C23H19N3O4S. The van der Waals surface area contributed by atoms with Gasteiger partial charge in [-0.1, -0.05) is 0 Å². The van der Waals surface area contributed by atoms with Gasteiger partial charge in [0.1, 0.15) is 22.9 Å². The zero-order valence-electron chi connectivity index (χ0n) is 17.1. The molecule has 0 bridgehead atoms. The van der Waals surface area contributed by atoms with Crippen LogP contribution in [0.25, 0.3) is 27.9 Å². The quantitative estimate of drug-likeness (QED) is 0.466. The molecule has 1 amide bonds. The lowest BCUT2D eigenvalue weighted by molar-refractivity contribution is -0.110. The smallest absolute Gasteiger partial charge is 0.256 e. The predicted molar refractivity (Wildman–Crippen MR) is 121 cm³/mol. The Morgan fingerprint density at radius 3 is 2.48 bits per heavy atom. The number of nitrogens with zero attached hydrogens (tertiary/aromatic N) is 2. The van der Waals surface area contributed by atoms with Gasteiger partial charge in [0, 0.05) is 28.4 Å². The molecule has 0 aliphatic carbocycles. The molecule has 156 valence electrons. The summed E-state index contributed by atoms with van der Waals surface area (Å²) in [6.45, 7) is 0. The molecule has 4 aromatic rings. The zero-order valence-corrected chi connectivity index (χ0v) is 17.9. The average Bonchev–Trinajstić information content (AvgIpc) is 3.47. The molecule has 8 heteroatoms. The predicted octanol–water partition coefficient (Wildman–Crippen LogP) is 4.58. The van der Waals surface area contributed by atoms with Crippen molar-refractivity contribution in [1.29, 1.82) is 0 Å². The van der Waals surface area contributed by atoms with E-state index in [4.69, 9.17) is 19.2 Å². The number of ether oxygens (including phenoxy) is 3. The van der Waals surface area contributed by atoms with E-state index in [1.165, 1.54) is 11.3 Å². The summed E-state index contributed by atoms with van der Waals surface area (Å²) < 4.78 is 18.3. The molecule has 1 N–H and O–H groups in total. The maximum atomic E-state index is 12.8. The van der Waals surface area contributed by atoms with Gasteiger partial charge in [-0.2, -0.15) is 0 Å². The third-order valence-corrected chi connectivity index (χ3v) is 6.01. The topological polar surface area (TPSA) is 74.1 Å². The van der Waals surface area contributed by atoms with Gasteiger partial charge in [-0.25, -0.2) is 4.98 Å². The van der Waals surface area contributed by atoms with Crippen LogP contribution in [0.2, 0.25) is 0 Å². The Labute approximate surface area is 182 Å². The van der Waals surface area contributed by atoms with Crippen molar-refractivity contribution in [3.63, 3.8) is 0 Å². The number of methoxy groups -OCH3 is 3. The molecule has 31 heavy (non-hydrogen) atoms. The first-order chi connectivity index (χ1) is 15.1. The fourth-order valence-corrected chi connectivity index (χ4v) is 4.43. The molecule has 0 fully saturated rings. The molecule has 0 saturated carbocycles. The molecule has 2 aromatic carbocycles. The van der Waals surface area contributed by atoms with Crippen LogP contribution in [0.15, 0.2) is 48.0 Å². The van der Waals surface area contributed by atoms with Gasteiger partial charge in [0.15, 0.2) is 4.96 Å². The van der Waals surface area contributed by atoms with Gasteiger partial charge in [-0.05, 0) is 42.5 Å². The van der Waals surface area contributed by atoms with Crippen LogP contribution >= 0.6 is 11.3 Å². The number of carbonyl (C=O) groups is 1. The molecule has 3 heterocycles. The maximum Gasteiger partial charge on any atom is 0.256 e. The SMILES string of the molecule is COc1ccc2c(c1)/C(=C\c1c(-c3cc(OC)ccc3OC)nc3sccn13)C(=O)N2. The van der Waals surface area contributed by atoms with E-state index in [2.05, 4.69) is 5.32 Å². The Balaban J connectivity index is 1.75. The van der Waals surface area contributed by atoms with E-state index in [0.717, 1.165) is 27.5 Å². The number of benzene rings is 2. The second kappa shape index (κ2) is 7.48. The maximum absolute atomic E-state index is 12.8. The van der Waals surface area contributed by atoms with E-state index in [0.29, 0.717) is 28.5 Å². The number of anilines is 1. The van der Waals surface area contributed by atoms with Crippen molar-refractivity contribution in [2.75, 3.05) is 26.6 Å². The number of hydrogen-bond acceptors (Lipinski definition) is 6. The number of rotatable bonds is 5. The summed E-state index contributed by atoms with van der Waals surface area (Å²) in [7, 11) is 4.84. The van der Waals surface area contributed by atoms with Crippen molar-refractivity contribution in [1.82, 2.24) is 9.38 Å². The number of carbonyl (C=O) groups excluding carboxylic acids is 1. The summed E-state index contributed by atoms with van der Waals surface area (Å²) in [4.78, 5) is 18.5. The molecule has 1 aliphatic heterocycles. The summed E-state index contributed by atoms with van der Waals surface area (Å²) >= 11 is 1.52. The summed E-state index contributed by atoms with van der Waals surface area (Å²) in [5.74, 6) is 1.88. The molecule has 5 rings (SSSR count). The first kappa shape index (κ1) is 19.2. The van der Waals surface area contributed by atoms with Crippen LogP contribution in [0.1, 0.15) is 11.3 Å². The number of thiazole rings is 1. The third kappa shape index (κ3) is 3.12. The van der Waals surface area contributed by atoms with Crippen LogP contribution in [-0.2, 0) is 4.79 Å². The monoisotopic (exact) mass is 433 g/mol. The van der Waals surface area contributed by atoms with Crippen LogP contribution in [0.3, 0.4) is 0 Å². The summed E-state index contributed by atoms with van der Waals surface area (Å²) in [6.07, 6.45) is 3.80. The lowest BCUT2D eigenvalue weighted by atomic mass is 10.0. The lowest BCUT2D eigenvalue weighted by Gasteiger charge is -2.10. The molecule has 0 atom stereocenters. The van der Waals surface area contributed by atoms with Crippen molar-refractivity contribution in [3.05, 3.63) is 59.2 Å². The van der Waals surface area contributed by atoms with E-state index in [1.54, 1.807) is 21.3 Å². The molecular weight excluding hydrogens is 414 g/mol. The summed E-state index contributed by atoms with van der Waals surface area (Å²) in [6, 6.07) is 11.1. The van der Waals surface area contributed by atoms with Gasteiger partial charge in [-0.3, -0.25) is 9.20 Å². The van der Waals surface area contributed by atoms with Gasteiger partial charge >= 0.3 is 0 Å². The Kier molecular flexibility index (Phi) is 4.63. The fourth-order valence-electron chi connectivity index (χ4n) is 3.71. The van der Waals surface area contributed by atoms with Gasteiger partial charge in [0.25, 0.3) is 5.91 Å². The standard InChI is InChI=1S/C23H19N3O4S/c1-28-13-4-6-18-15(10-13)16(22(27)24-18)12-19-21(25-23-26(19)8-9-31-23)17-11-14(29-2)5-7-20(17)30-3/h4-12H,1-3H3,(H,24,27)/b16-12+. The first-order valence-corrected chi connectivity index (χ1v) is 10.4. The first-order valence-electron chi connectivity index (χ1n) is 9.52. The highest BCUT2D eigenvalue weighted by molar-refractivity contribution is 7.15. The van der Waals surface area contributed by atoms with Crippen molar-refractivity contribution >= 4 is 39.5 Å². The highest BCUT2D eigenvalue weighted by Gasteiger charge is 2.27. The van der Waals surface area contributed by atoms with E-state index >= 15 is 0 Å². The highest BCUT2D eigenvalue weighted by atomic mass is 32.1. The number of amides is 1. The van der Waals surface area contributed by atoms with Crippen molar-refractivity contribution < 1.29 is 19.0 Å². The Morgan fingerprint density at radius 2 is 1.74 bits per heavy atom. The molecule has 7 nitrogen and oxygen atoms in total. The van der Waals surface area contributed by atoms with Gasteiger partial charge in [0.05, 0.1) is 32.6 Å². The van der Waals surface area contributed by atoms with E-state index in [1.807, 2.05) is 58.5 Å². The number of imidazole rings is 1. The minimum absolute atomic E-state index is 0.169. The van der Waals surface area contributed by atoms with Crippen molar-refractivity contribution in [2.24, 2.45) is 0 Å². The largest absolute Gasteiger partial charge is 0.497 e.